The number of methoxy groups -OCH3 is 1. The lowest BCUT2D eigenvalue weighted by Gasteiger charge is -2.32. The van der Waals surface area contributed by atoms with Gasteiger partial charge in [0.05, 0.1) is 13.2 Å². The van der Waals surface area contributed by atoms with Gasteiger partial charge in [-0.05, 0) is 24.8 Å². The highest BCUT2D eigenvalue weighted by atomic mass is 16.5. The summed E-state index contributed by atoms with van der Waals surface area (Å²) in [6, 6.07) is 7.45. The van der Waals surface area contributed by atoms with Crippen molar-refractivity contribution in [2.24, 2.45) is 0 Å². The molecule has 1 saturated heterocycles. The number of alkyl carbamates (subject to hydrolysis) is 1. The summed E-state index contributed by atoms with van der Waals surface area (Å²) in [7, 11) is 6.83. The standard InChI is InChI=1S/C20H26BN3O5/c1-3-7-15-10-11-17(19(26)28-2)24(15)18(25)16(23-21)12-22-20(27)29-13-14-8-5-4-6-9-14/h3-6,8-9,15-17,23H,1,7,10-13H2,2H3,(H,22,27)/t15?,16-,17-/m0/s1. The van der Waals surface area contributed by atoms with Crippen LogP contribution in [0.15, 0.2) is 43.0 Å². The van der Waals surface area contributed by atoms with Gasteiger partial charge in [-0.1, -0.05) is 36.4 Å². The Morgan fingerprint density at radius 1 is 1.31 bits per heavy atom. The molecule has 1 aromatic rings. The van der Waals surface area contributed by atoms with Crippen LogP contribution in [0.1, 0.15) is 24.8 Å². The van der Waals surface area contributed by atoms with Crippen molar-refractivity contribution in [1.82, 2.24) is 15.4 Å². The number of carbonyl (C=O) groups is 3. The molecular formula is C20H26BN3O5. The molecule has 29 heavy (non-hydrogen) atoms. The Labute approximate surface area is 172 Å². The first kappa shape index (κ1) is 22.5. The fourth-order valence-corrected chi connectivity index (χ4v) is 3.36. The second kappa shape index (κ2) is 11.3. The van der Waals surface area contributed by atoms with E-state index in [1.807, 2.05) is 30.3 Å². The molecular weight excluding hydrogens is 373 g/mol. The van der Waals surface area contributed by atoms with Gasteiger partial charge in [0.1, 0.15) is 12.6 Å². The molecule has 8 nitrogen and oxygen atoms in total. The van der Waals surface area contributed by atoms with Gasteiger partial charge in [-0.25, -0.2) is 9.59 Å². The smallest absolute Gasteiger partial charge is 0.407 e. The molecule has 2 rings (SSSR count). The van der Waals surface area contributed by atoms with E-state index < -0.39 is 30.1 Å². The molecule has 0 aliphatic carbocycles. The van der Waals surface area contributed by atoms with Gasteiger partial charge < -0.3 is 24.9 Å². The van der Waals surface area contributed by atoms with Crippen LogP contribution >= 0.6 is 0 Å². The third kappa shape index (κ3) is 6.09. The number of carbonyl (C=O) groups excluding carboxylic acids is 3. The van der Waals surface area contributed by atoms with E-state index in [2.05, 4.69) is 17.1 Å². The highest BCUT2D eigenvalue weighted by Crippen LogP contribution is 2.28. The summed E-state index contributed by atoms with van der Waals surface area (Å²) < 4.78 is 9.96. The number of hydrogen-bond acceptors (Lipinski definition) is 6. The van der Waals surface area contributed by atoms with Gasteiger partial charge in [-0.15, -0.1) is 6.58 Å². The Balaban J connectivity index is 1.95. The molecule has 2 amide bonds. The molecule has 9 heteroatoms. The average Bonchev–Trinajstić information content (AvgIpc) is 3.16. The number of rotatable bonds is 9. The number of hydrogen-bond donors (Lipinski definition) is 2. The molecule has 1 aromatic carbocycles. The molecule has 1 heterocycles. The maximum Gasteiger partial charge on any atom is 0.407 e. The van der Waals surface area contributed by atoms with Crippen LogP contribution in [0, 0.1) is 0 Å². The number of esters is 1. The third-order valence-electron chi connectivity index (χ3n) is 4.83. The van der Waals surface area contributed by atoms with Crippen LogP contribution in [0.3, 0.4) is 0 Å². The fraction of sp³-hybridized carbons (Fsp3) is 0.450. The summed E-state index contributed by atoms with van der Waals surface area (Å²) in [5.74, 6) is -0.869. The third-order valence-corrected chi connectivity index (χ3v) is 4.83. The quantitative estimate of drug-likeness (QED) is 0.366. The van der Waals surface area contributed by atoms with E-state index in [0.717, 1.165) is 5.56 Å². The van der Waals surface area contributed by atoms with Crippen molar-refractivity contribution < 1.29 is 23.9 Å². The zero-order valence-electron chi connectivity index (χ0n) is 16.5. The second-order valence-electron chi connectivity index (χ2n) is 6.70. The van der Waals surface area contributed by atoms with E-state index in [-0.39, 0.29) is 19.2 Å². The number of nitrogens with one attached hydrogen (secondary N) is 2. The Hall–Kier alpha value is -2.81. The first-order chi connectivity index (χ1) is 14.0. The lowest BCUT2D eigenvalue weighted by atomic mass is 10.1. The molecule has 0 bridgehead atoms. The zero-order chi connectivity index (χ0) is 21.2. The van der Waals surface area contributed by atoms with Gasteiger partial charge in [0, 0.05) is 12.6 Å². The zero-order valence-corrected chi connectivity index (χ0v) is 16.5. The first-order valence-corrected chi connectivity index (χ1v) is 9.43. The summed E-state index contributed by atoms with van der Waals surface area (Å²) >= 11 is 0. The van der Waals surface area contributed by atoms with Gasteiger partial charge >= 0.3 is 12.1 Å². The first-order valence-electron chi connectivity index (χ1n) is 9.43. The van der Waals surface area contributed by atoms with Crippen LogP contribution in [0.4, 0.5) is 4.79 Å². The van der Waals surface area contributed by atoms with Crippen LogP contribution in [-0.4, -0.2) is 62.6 Å². The SMILES string of the molecule is [B]N[C@@H](CNC(=O)OCc1ccccc1)C(=O)N1C(CC=C)CC[C@H]1C(=O)OC. The Bertz CT molecular complexity index is 715. The van der Waals surface area contributed by atoms with Crippen molar-refractivity contribution in [1.29, 1.82) is 0 Å². The van der Waals surface area contributed by atoms with Crippen molar-refractivity contribution in [3.8, 4) is 0 Å². The van der Waals surface area contributed by atoms with Gasteiger partial charge in [0.25, 0.3) is 0 Å². The number of nitrogens with zero attached hydrogens (tertiary/aromatic N) is 1. The largest absolute Gasteiger partial charge is 0.467 e. The number of amides is 2. The predicted octanol–water partition coefficient (Wildman–Crippen LogP) is 1.06. The lowest BCUT2D eigenvalue weighted by Crippen LogP contribution is -2.56. The molecule has 154 valence electrons. The van der Waals surface area contributed by atoms with E-state index >= 15 is 0 Å². The molecule has 3 atom stereocenters. The highest BCUT2D eigenvalue weighted by Gasteiger charge is 2.42. The minimum absolute atomic E-state index is 0.0891. The average molecular weight is 399 g/mol. The highest BCUT2D eigenvalue weighted by molar-refractivity contribution is 6.07. The van der Waals surface area contributed by atoms with Crippen LogP contribution < -0.4 is 10.5 Å². The van der Waals surface area contributed by atoms with Gasteiger partial charge in [0.2, 0.25) is 5.91 Å². The Morgan fingerprint density at radius 3 is 2.66 bits per heavy atom. The topological polar surface area (TPSA) is 97.0 Å². The van der Waals surface area contributed by atoms with E-state index in [9.17, 15) is 14.4 Å². The minimum atomic E-state index is -0.920. The van der Waals surface area contributed by atoms with E-state index in [1.54, 1.807) is 6.08 Å². The van der Waals surface area contributed by atoms with Gasteiger partial charge in [-0.3, -0.25) is 4.79 Å². The maximum atomic E-state index is 13.0. The van der Waals surface area contributed by atoms with Gasteiger partial charge in [0.15, 0.2) is 7.98 Å². The summed E-state index contributed by atoms with van der Waals surface area (Å²) in [6.45, 7) is 3.73. The Kier molecular flexibility index (Phi) is 8.73. The summed E-state index contributed by atoms with van der Waals surface area (Å²) in [5, 5.41) is 4.93. The Morgan fingerprint density at radius 2 is 2.03 bits per heavy atom. The molecule has 0 aromatic heterocycles. The summed E-state index contributed by atoms with van der Waals surface area (Å²) in [5.41, 5.74) is 0.845. The van der Waals surface area contributed by atoms with E-state index in [0.29, 0.717) is 19.3 Å². The molecule has 1 unspecified atom stereocenters. The number of likely N-dealkylation sites (tertiary alicyclic amines) is 1. The number of ether oxygens (including phenoxy) is 2. The van der Waals surface area contributed by atoms with Crippen molar-refractivity contribution in [2.75, 3.05) is 13.7 Å². The lowest BCUT2D eigenvalue weighted by molar-refractivity contribution is -0.152. The molecule has 2 radical (unpaired) electrons. The molecule has 0 saturated carbocycles. The van der Waals surface area contributed by atoms with Crippen molar-refractivity contribution in [3.63, 3.8) is 0 Å². The van der Waals surface area contributed by atoms with Crippen LogP contribution in [0.2, 0.25) is 0 Å². The molecule has 1 fully saturated rings. The number of benzene rings is 1. The second-order valence-corrected chi connectivity index (χ2v) is 6.70. The van der Waals surface area contributed by atoms with E-state index in [4.69, 9.17) is 17.5 Å². The summed E-state index contributed by atoms with van der Waals surface area (Å²) in [4.78, 5) is 38.6. The molecule has 1 aliphatic heterocycles. The van der Waals surface area contributed by atoms with Crippen molar-refractivity contribution >= 4 is 26.0 Å². The monoisotopic (exact) mass is 399 g/mol. The minimum Gasteiger partial charge on any atom is -0.467 e. The normalized spacial score (nSPS) is 19.3. The molecule has 1 aliphatic rings. The van der Waals surface area contributed by atoms with Crippen LogP contribution in [0.5, 0.6) is 0 Å². The predicted molar refractivity (Wildman–Crippen MR) is 108 cm³/mol. The van der Waals surface area contributed by atoms with Crippen LogP contribution in [-0.2, 0) is 25.7 Å². The summed E-state index contributed by atoms with van der Waals surface area (Å²) in [6.07, 6.45) is 2.73. The van der Waals surface area contributed by atoms with E-state index in [1.165, 1.54) is 12.0 Å². The fourth-order valence-electron chi connectivity index (χ4n) is 3.36. The van der Waals surface area contributed by atoms with Crippen molar-refractivity contribution in [2.45, 2.75) is 44.0 Å². The maximum absolute atomic E-state index is 13.0. The van der Waals surface area contributed by atoms with Crippen molar-refractivity contribution in [3.05, 3.63) is 48.6 Å². The molecule has 2 N–H and O–H groups in total. The molecule has 0 spiro atoms. The van der Waals surface area contributed by atoms with Crippen LogP contribution in [0.25, 0.3) is 0 Å². The van der Waals surface area contributed by atoms with Gasteiger partial charge in [-0.2, -0.15) is 0 Å².